The molecule has 0 spiro atoms. The van der Waals surface area contributed by atoms with Crippen molar-refractivity contribution in [1.82, 2.24) is 9.97 Å². The summed E-state index contributed by atoms with van der Waals surface area (Å²) in [5.41, 5.74) is 1.89. The fourth-order valence-corrected chi connectivity index (χ4v) is 3.18. The molecule has 0 aliphatic rings. The lowest BCUT2D eigenvalue weighted by Gasteiger charge is -2.15. The number of fused-ring (bicyclic) bond motifs is 1. The molecule has 0 bridgehead atoms. The first kappa shape index (κ1) is 18.1. The summed E-state index contributed by atoms with van der Waals surface area (Å²) in [6, 6.07) is 20.1. The zero-order valence-corrected chi connectivity index (χ0v) is 15.9. The van der Waals surface area contributed by atoms with E-state index in [2.05, 4.69) is 9.97 Å². The Bertz CT molecular complexity index is 1200. The van der Waals surface area contributed by atoms with Gasteiger partial charge in [-0.25, -0.2) is 4.98 Å². The van der Waals surface area contributed by atoms with E-state index >= 15 is 0 Å². The average molecular weight is 393 g/mol. The highest BCUT2D eigenvalue weighted by Gasteiger charge is 2.16. The molecule has 0 amide bonds. The van der Waals surface area contributed by atoms with Crippen LogP contribution in [0.4, 0.5) is 0 Å². The van der Waals surface area contributed by atoms with Crippen LogP contribution in [-0.4, -0.2) is 17.1 Å². The van der Waals surface area contributed by atoms with Crippen molar-refractivity contribution in [2.45, 2.75) is 6.61 Å². The zero-order valence-electron chi connectivity index (χ0n) is 15.1. The first-order valence-corrected chi connectivity index (χ1v) is 9.08. The highest BCUT2D eigenvalue weighted by atomic mass is 35.5. The quantitative estimate of drug-likeness (QED) is 0.528. The molecule has 0 radical (unpaired) electrons. The third-order valence-electron chi connectivity index (χ3n) is 4.40. The molecule has 1 N–H and O–H groups in total. The number of ether oxygens (including phenoxy) is 2. The number of aromatic amines is 1. The molecule has 3 aromatic carbocycles. The van der Waals surface area contributed by atoms with E-state index in [0.29, 0.717) is 38.8 Å². The van der Waals surface area contributed by atoms with Crippen molar-refractivity contribution >= 4 is 22.5 Å². The van der Waals surface area contributed by atoms with E-state index in [1.54, 1.807) is 25.3 Å². The Kier molecular flexibility index (Phi) is 5.00. The number of nitrogens with zero attached hydrogens (tertiary/aromatic N) is 1. The SMILES string of the molecule is COc1cccc(-c2nc3ccccc3c(=O)[nH]2)c1OCc1ccccc1Cl. The topological polar surface area (TPSA) is 64.2 Å². The van der Waals surface area contributed by atoms with Gasteiger partial charge in [0.2, 0.25) is 0 Å². The van der Waals surface area contributed by atoms with Crippen LogP contribution in [0.1, 0.15) is 5.56 Å². The number of hydrogen-bond donors (Lipinski definition) is 1. The molecular formula is C22H17ClN2O3. The molecule has 1 heterocycles. The van der Waals surface area contributed by atoms with Crippen molar-refractivity contribution in [1.29, 1.82) is 0 Å². The zero-order chi connectivity index (χ0) is 19.5. The molecular weight excluding hydrogens is 376 g/mol. The van der Waals surface area contributed by atoms with Gasteiger partial charge in [0.1, 0.15) is 12.4 Å². The van der Waals surface area contributed by atoms with Gasteiger partial charge in [-0.05, 0) is 30.3 Å². The maximum Gasteiger partial charge on any atom is 0.259 e. The number of rotatable bonds is 5. The van der Waals surface area contributed by atoms with Crippen LogP contribution < -0.4 is 15.0 Å². The van der Waals surface area contributed by atoms with E-state index in [1.165, 1.54) is 0 Å². The maximum atomic E-state index is 12.5. The standard InChI is InChI=1S/C22H17ClN2O3/c1-27-19-12-6-9-16(20(19)28-13-14-7-2-4-10-17(14)23)21-24-18-11-5-3-8-15(18)22(26)25-21/h2-12H,13H2,1H3,(H,24,25,26). The summed E-state index contributed by atoms with van der Waals surface area (Å²) < 4.78 is 11.5. The van der Waals surface area contributed by atoms with Crippen molar-refractivity contribution in [3.63, 3.8) is 0 Å². The van der Waals surface area contributed by atoms with Crippen LogP contribution >= 0.6 is 11.6 Å². The summed E-state index contributed by atoms with van der Waals surface area (Å²) in [4.78, 5) is 19.9. The third-order valence-corrected chi connectivity index (χ3v) is 4.77. The molecule has 0 aliphatic carbocycles. The van der Waals surface area contributed by atoms with Crippen molar-refractivity contribution in [3.05, 3.63) is 87.7 Å². The number of benzene rings is 3. The third kappa shape index (κ3) is 3.44. The molecule has 0 saturated carbocycles. The van der Waals surface area contributed by atoms with Gasteiger partial charge in [-0.15, -0.1) is 0 Å². The monoisotopic (exact) mass is 392 g/mol. The number of aromatic nitrogens is 2. The number of para-hydroxylation sites is 2. The Hall–Kier alpha value is -3.31. The minimum atomic E-state index is -0.208. The van der Waals surface area contributed by atoms with Crippen LogP contribution in [0.2, 0.25) is 5.02 Å². The number of hydrogen-bond acceptors (Lipinski definition) is 4. The lowest BCUT2D eigenvalue weighted by Crippen LogP contribution is -2.10. The predicted molar refractivity (Wildman–Crippen MR) is 110 cm³/mol. The Labute approximate surface area is 166 Å². The van der Waals surface area contributed by atoms with Gasteiger partial charge in [0, 0.05) is 10.6 Å². The van der Waals surface area contributed by atoms with E-state index < -0.39 is 0 Å². The number of methoxy groups -OCH3 is 1. The second kappa shape index (κ2) is 7.74. The summed E-state index contributed by atoms with van der Waals surface area (Å²) in [6.45, 7) is 0.255. The fourth-order valence-electron chi connectivity index (χ4n) is 2.99. The van der Waals surface area contributed by atoms with Gasteiger partial charge in [0.05, 0.1) is 23.6 Å². The minimum Gasteiger partial charge on any atom is -0.493 e. The van der Waals surface area contributed by atoms with Gasteiger partial charge < -0.3 is 14.5 Å². The van der Waals surface area contributed by atoms with Gasteiger partial charge >= 0.3 is 0 Å². The largest absolute Gasteiger partial charge is 0.493 e. The molecule has 1 aromatic heterocycles. The number of H-pyrrole nitrogens is 1. The van der Waals surface area contributed by atoms with E-state index in [-0.39, 0.29) is 12.2 Å². The average Bonchev–Trinajstić information content (AvgIpc) is 2.73. The maximum absolute atomic E-state index is 12.5. The lowest BCUT2D eigenvalue weighted by atomic mass is 10.1. The van der Waals surface area contributed by atoms with Crippen molar-refractivity contribution in [2.75, 3.05) is 7.11 Å². The first-order valence-electron chi connectivity index (χ1n) is 8.70. The Balaban J connectivity index is 1.80. The molecule has 140 valence electrons. The molecule has 4 rings (SSSR count). The molecule has 6 heteroatoms. The Morgan fingerprint density at radius 3 is 2.61 bits per heavy atom. The van der Waals surface area contributed by atoms with Crippen molar-refractivity contribution < 1.29 is 9.47 Å². The normalized spacial score (nSPS) is 10.8. The Morgan fingerprint density at radius 2 is 1.79 bits per heavy atom. The second-order valence-corrected chi connectivity index (χ2v) is 6.56. The molecule has 0 saturated heterocycles. The van der Waals surface area contributed by atoms with E-state index in [1.807, 2.05) is 48.5 Å². The van der Waals surface area contributed by atoms with E-state index in [0.717, 1.165) is 5.56 Å². The summed E-state index contributed by atoms with van der Waals surface area (Å²) in [7, 11) is 1.57. The predicted octanol–water partition coefficient (Wildman–Crippen LogP) is 4.83. The summed E-state index contributed by atoms with van der Waals surface area (Å²) in [5, 5.41) is 1.16. The summed E-state index contributed by atoms with van der Waals surface area (Å²) >= 11 is 6.24. The molecule has 0 atom stereocenters. The minimum absolute atomic E-state index is 0.208. The van der Waals surface area contributed by atoms with Crippen LogP contribution in [0.25, 0.3) is 22.3 Å². The number of nitrogens with one attached hydrogen (secondary N) is 1. The molecule has 5 nitrogen and oxygen atoms in total. The fraction of sp³-hybridized carbons (Fsp3) is 0.0909. The van der Waals surface area contributed by atoms with Crippen LogP contribution in [-0.2, 0) is 6.61 Å². The highest BCUT2D eigenvalue weighted by molar-refractivity contribution is 6.31. The summed E-state index contributed by atoms with van der Waals surface area (Å²) in [5.74, 6) is 1.44. The highest BCUT2D eigenvalue weighted by Crippen LogP contribution is 2.37. The van der Waals surface area contributed by atoms with Crippen LogP contribution in [0.5, 0.6) is 11.5 Å². The smallest absolute Gasteiger partial charge is 0.259 e. The van der Waals surface area contributed by atoms with Gasteiger partial charge in [-0.1, -0.05) is 48.0 Å². The van der Waals surface area contributed by atoms with Crippen molar-refractivity contribution in [2.24, 2.45) is 0 Å². The molecule has 0 aliphatic heterocycles. The lowest BCUT2D eigenvalue weighted by molar-refractivity contribution is 0.285. The summed E-state index contributed by atoms with van der Waals surface area (Å²) in [6.07, 6.45) is 0. The van der Waals surface area contributed by atoms with Gasteiger partial charge in [-0.3, -0.25) is 4.79 Å². The van der Waals surface area contributed by atoms with Crippen molar-refractivity contribution in [3.8, 4) is 22.9 Å². The second-order valence-electron chi connectivity index (χ2n) is 6.15. The van der Waals surface area contributed by atoms with Crippen LogP contribution in [0.15, 0.2) is 71.5 Å². The molecule has 28 heavy (non-hydrogen) atoms. The number of halogens is 1. The van der Waals surface area contributed by atoms with E-state index in [9.17, 15) is 4.79 Å². The Morgan fingerprint density at radius 1 is 1.00 bits per heavy atom. The van der Waals surface area contributed by atoms with Gasteiger partial charge in [0.15, 0.2) is 11.5 Å². The van der Waals surface area contributed by atoms with Crippen LogP contribution in [0, 0.1) is 0 Å². The van der Waals surface area contributed by atoms with Crippen LogP contribution in [0.3, 0.4) is 0 Å². The first-order chi connectivity index (χ1) is 13.7. The molecule has 0 fully saturated rings. The molecule has 0 unspecified atom stereocenters. The molecule has 4 aromatic rings. The van der Waals surface area contributed by atoms with E-state index in [4.69, 9.17) is 21.1 Å². The van der Waals surface area contributed by atoms with Gasteiger partial charge in [0.25, 0.3) is 5.56 Å². The van der Waals surface area contributed by atoms with Gasteiger partial charge in [-0.2, -0.15) is 0 Å².